The van der Waals surface area contributed by atoms with Crippen LogP contribution >= 0.6 is 0 Å². The molecule has 9 heteroatoms. The molecule has 2 N–H and O–H groups in total. The van der Waals surface area contributed by atoms with Gasteiger partial charge in [0.15, 0.2) is 12.0 Å². The van der Waals surface area contributed by atoms with Crippen LogP contribution in [0.2, 0.25) is 0 Å². The van der Waals surface area contributed by atoms with E-state index in [0.717, 1.165) is 24.7 Å². The van der Waals surface area contributed by atoms with Gasteiger partial charge in [0, 0.05) is 23.7 Å². The van der Waals surface area contributed by atoms with Crippen molar-refractivity contribution in [3.63, 3.8) is 0 Å². The fourth-order valence-electron chi connectivity index (χ4n) is 4.21. The molecule has 1 aliphatic carbocycles. The summed E-state index contributed by atoms with van der Waals surface area (Å²) in [4.78, 5) is 22.5. The van der Waals surface area contributed by atoms with Gasteiger partial charge in [-0.05, 0) is 37.1 Å². The van der Waals surface area contributed by atoms with E-state index in [0.29, 0.717) is 23.1 Å². The molecule has 0 spiro atoms. The van der Waals surface area contributed by atoms with Crippen LogP contribution in [0.5, 0.6) is 0 Å². The number of rotatable bonds is 4. The number of aromatic nitrogens is 4. The number of amides is 1. The first-order valence-corrected chi connectivity index (χ1v) is 10.0. The molecular formula is C21H21FN6O2. The summed E-state index contributed by atoms with van der Waals surface area (Å²) in [5, 5.41) is 18.4. The first-order valence-electron chi connectivity index (χ1n) is 10.0. The summed E-state index contributed by atoms with van der Waals surface area (Å²) in [7, 11) is 0. The molecule has 1 saturated carbocycles. The number of aliphatic hydroxyl groups is 1. The Morgan fingerprint density at radius 3 is 2.83 bits per heavy atom. The van der Waals surface area contributed by atoms with Crippen molar-refractivity contribution in [2.45, 2.75) is 37.8 Å². The van der Waals surface area contributed by atoms with Crippen LogP contribution in [0.25, 0.3) is 5.82 Å². The van der Waals surface area contributed by atoms with Gasteiger partial charge in [0.25, 0.3) is 0 Å². The van der Waals surface area contributed by atoms with Crippen molar-refractivity contribution in [3.05, 3.63) is 59.8 Å². The molecule has 4 heterocycles. The quantitative estimate of drug-likeness (QED) is 0.689. The van der Waals surface area contributed by atoms with Crippen molar-refractivity contribution in [3.8, 4) is 5.82 Å². The fraction of sp³-hybridized carbons (Fsp3) is 0.333. The number of carbonyl (C=O) groups excluding carboxylic acids is 1. The van der Waals surface area contributed by atoms with E-state index in [1.54, 1.807) is 27.9 Å². The molecule has 2 aliphatic rings. The second kappa shape index (κ2) is 7.49. The maximum absolute atomic E-state index is 13.1. The number of hydrogen-bond donors (Lipinski definition) is 2. The summed E-state index contributed by atoms with van der Waals surface area (Å²) < 4.78 is 14.8. The Kier molecular flexibility index (Phi) is 4.66. The van der Waals surface area contributed by atoms with Gasteiger partial charge in [-0.3, -0.25) is 4.79 Å². The first-order chi connectivity index (χ1) is 14.6. The van der Waals surface area contributed by atoms with Crippen LogP contribution < -0.4 is 10.2 Å². The van der Waals surface area contributed by atoms with Crippen LogP contribution in [-0.4, -0.2) is 37.3 Å². The van der Waals surface area contributed by atoms with Gasteiger partial charge in [-0.25, -0.2) is 14.4 Å². The lowest BCUT2D eigenvalue weighted by Crippen LogP contribution is -2.40. The molecule has 1 amide bonds. The molecular weight excluding hydrogens is 387 g/mol. The molecule has 0 aromatic carbocycles. The summed E-state index contributed by atoms with van der Waals surface area (Å²) in [5.41, 5.74) is 1.54. The summed E-state index contributed by atoms with van der Waals surface area (Å²) >= 11 is 0. The van der Waals surface area contributed by atoms with Gasteiger partial charge < -0.3 is 15.3 Å². The third-order valence-electron chi connectivity index (χ3n) is 5.68. The Labute approximate surface area is 172 Å². The van der Waals surface area contributed by atoms with Crippen LogP contribution in [-0.2, 0) is 4.79 Å². The molecule has 154 valence electrons. The number of nitrogens with zero attached hydrogens (tertiary/aromatic N) is 5. The van der Waals surface area contributed by atoms with Crippen molar-refractivity contribution in [2.75, 3.05) is 16.8 Å². The van der Waals surface area contributed by atoms with Gasteiger partial charge in [0.2, 0.25) is 5.91 Å². The molecule has 30 heavy (non-hydrogen) atoms. The zero-order valence-corrected chi connectivity index (χ0v) is 16.2. The molecule has 3 aromatic heterocycles. The van der Waals surface area contributed by atoms with Crippen LogP contribution in [0.15, 0.2) is 42.7 Å². The standard InChI is InChI=1S/C21H21FN6O2/c22-14-7-8-17(24-11-14)25-18(29)12-27-19-10-16(13-4-1-2-5-13)26-28(19)20-15(21(27)30)6-3-9-23-20/h3,6-11,13,21,30H,1-2,4-5,12H2,(H,24,25,29). The van der Waals surface area contributed by atoms with E-state index >= 15 is 0 Å². The van der Waals surface area contributed by atoms with Crippen LogP contribution in [0.1, 0.15) is 49.1 Å². The zero-order valence-electron chi connectivity index (χ0n) is 16.2. The summed E-state index contributed by atoms with van der Waals surface area (Å²) in [6, 6.07) is 8.08. The second-order valence-corrected chi connectivity index (χ2v) is 7.65. The van der Waals surface area contributed by atoms with Gasteiger partial charge in [-0.1, -0.05) is 12.8 Å². The van der Waals surface area contributed by atoms with Crippen molar-refractivity contribution < 1.29 is 14.3 Å². The second-order valence-electron chi connectivity index (χ2n) is 7.65. The lowest BCUT2D eigenvalue weighted by Gasteiger charge is -2.34. The minimum Gasteiger partial charge on any atom is -0.369 e. The number of fused-ring (bicyclic) bond motifs is 3. The average molecular weight is 408 g/mol. The molecule has 1 atom stereocenters. The predicted molar refractivity (Wildman–Crippen MR) is 108 cm³/mol. The molecule has 5 rings (SSSR count). The molecule has 1 fully saturated rings. The van der Waals surface area contributed by atoms with Gasteiger partial charge in [0.05, 0.1) is 11.9 Å². The van der Waals surface area contributed by atoms with E-state index in [9.17, 15) is 14.3 Å². The van der Waals surface area contributed by atoms with Crippen LogP contribution in [0, 0.1) is 5.82 Å². The van der Waals surface area contributed by atoms with Gasteiger partial charge >= 0.3 is 0 Å². The predicted octanol–water partition coefficient (Wildman–Crippen LogP) is 2.91. The van der Waals surface area contributed by atoms with Gasteiger partial charge in [-0.15, -0.1) is 0 Å². The number of pyridine rings is 2. The number of hydrogen-bond acceptors (Lipinski definition) is 6. The monoisotopic (exact) mass is 408 g/mol. The molecule has 3 aromatic rings. The zero-order chi connectivity index (χ0) is 20.7. The minimum absolute atomic E-state index is 0.121. The molecule has 1 unspecified atom stereocenters. The number of aliphatic hydroxyl groups excluding tert-OH is 1. The lowest BCUT2D eigenvalue weighted by atomic mass is 10.0. The normalized spacial score (nSPS) is 18.2. The number of nitrogens with one attached hydrogen (secondary N) is 1. The van der Waals surface area contributed by atoms with Gasteiger partial charge in [-0.2, -0.15) is 9.78 Å². The van der Waals surface area contributed by atoms with Crippen molar-refractivity contribution in [1.29, 1.82) is 0 Å². The highest BCUT2D eigenvalue weighted by molar-refractivity contribution is 5.93. The Morgan fingerprint density at radius 1 is 1.23 bits per heavy atom. The highest BCUT2D eigenvalue weighted by atomic mass is 19.1. The summed E-state index contributed by atoms with van der Waals surface area (Å²) in [6.45, 7) is -0.121. The number of halogens is 1. The fourth-order valence-corrected chi connectivity index (χ4v) is 4.21. The lowest BCUT2D eigenvalue weighted by molar-refractivity contribution is -0.115. The van der Waals surface area contributed by atoms with Crippen LogP contribution in [0.4, 0.5) is 16.0 Å². The van der Waals surface area contributed by atoms with Crippen molar-refractivity contribution >= 4 is 17.5 Å². The maximum Gasteiger partial charge on any atom is 0.245 e. The topological polar surface area (TPSA) is 96.2 Å². The Morgan fingerprint density at radius 2 is 2.07 bits per heavy atom. The van der Waals surface area contributed by atoms with E-state index < -0.39 is 12.0 Å². The molecule has 8 nitrogen and oxygen atoms in total. The Balaban J connectivity index is 1.46. The summed E-state index contributed by atoms with van der Waals surface area (Å²) in [5.74, 6) is 0.961. The van der Waals surface area contributed by atoms with Crippen molar-refractivity contribution in [2.24, 2.45) is 0 Å². The first kappa shape index (κ1) is 18.7. The maximum atomic E-state index is 13.1. The molecule has 0 saturated heterocycles. The van der Waals surface area contributed by atoms with E-state index in [4.69, 9.17) is 5.10 Å². The van der Waals surface area contributed by atoms with E-state index in [1.807, 2.05) is 6.07 Å². The van der Waals surface area contributed by atoms with E-state index in [-0.39, 0.29) is 18.3 Å². The van der Waals surface area contributed by atoms with E-state index in [1.165, 1.54) is 25.0 Å². The largest absolute Gasteiger partial charge is 0.369 e. The molecule has 0 radical (unpaired) electrons. The third kappa shape index (κ3) is 3.30. The van der Waals surface area contributed by atoms with Gasteiger partial charge in [0.1, 0.15) is 24.0 Å². The smallest absolute Gasteiger partial charge is 0.245 e. The molecule has 1 aliphatic heterocycles. The summed E-state index contributed by atoms with van der Waals surface area (Å²) in [6.07, 6.45) is 6.20. The highest BCUT2D eigenvalue weighted by Gasteiger charge is 2.34. The third-order valence-corrected chi connectivity index (χ3v) is 5.68. The number of carbonyl (C=O) groups is 1. The SMILES string of the molecule is O=C(CN1c2cc(C3CCCC3)nn2-c2ncccc2C1O)Nc1ccc(F)cn1. The Bertz CT molecular complexity index is 1080. The van der Waals surface area contributed by atoms with E-state index in [2.05, 4.69) is 15.3 Å². The van der Waals surface area contributed by atoms with Crippen LogP contribution in [0.3, 0.4) is 0 Å². The highest BCUT2D eigenvalue weighted by Crippen LogP contribution is 2.40. The number of anilines is 2. The average Bonchev–Trinajstić information content (AvgIpc) is 3.43. The minimum atomic E-state index is -1.04. The van der Waals surface area contributed by atoms with Crippen molar-refractivity contribution in [1.82, 2.24) is 19.7 Å². The Hall–Kier alpha value is -3.33. The molecule has 0 bridgehead atoms.